The van der Waals surface area contributed by atoms with Gasteiger partial charge in [-0.05, 0) is 52.9 Å². The first-order chi connectivity index (χ1) is 14.4. The topological polar surface area (TPSA) is 68.7 Å². The van der Waals surface area contributed by atoms with E-state index in [1.165, 1.54) is 5.56 Å². The van der Waals surface area contributed by atoms with Gasteiger partial charge in [-0.2, -0.15) is 20.0 Å². The Morgan fingerprint density at radius 3 is 2.53 bits per heavy atom. The minimum Gasteiger partial charge on any atom is -0.303 e. The molecule has 1 N–H and O–H groups in total. The van der Waals surface area contributed by atoms with Crippen molar-refractivity contribution < 1.29 is 0 Å². The third-order valence-corrected chi connectivity index (χ3v) is 5.37. The van der Waals surface area contributed by atoms with Gasteiger partial charge in [0.1, 0.15) is 5.82 Å². The van der Waals surface area contributed by atoms with Crippen molar-refractivity contribution in [3.8, 4) is 17.2 Å². The molecule has 154 valence electrons. The molecule has 0 bridgehead atoms. The molecule has 0 atom stereocenters. The fourth-order valence-corrected chi connectivity index (χ4v) is 3.74. The Morgan fingerprint density at radius 1 is 1.10 bits per heavy atom. The SMILES string of the molecule is Cc1ccc(-c2n[nH]c(=S)n2/N=C\c2cc(C)n(-c3ccnn3C(C)C)c2C)cc1. The van der Waals surface area contributed by atoms with Gasteiger partial charge in [-0.1, -0.05) is 29.8 Å². The second kappa shape index (κ2) is 7.87. The summed E-state index contributed by atoms with van der Waals surface area (Å²) in [4.78, 5) is 0. The Bertz CT molecular complexity index is 1270. The summed E-state index contributed by atoms with van der Waals surface area (Å²) in [6.07, 6.45) is 3.67. The Hall–Kier alpha value is -3.26. The van der Waals surface area contributed by atoms with Crippen LogP contribution >= 0.6 is 12.2 Å². The van der Waals surface area contributed by atoms with Crippen molar-refractivity contribution in [1.29, 1.82) is 0 Å². The molecule has 7 nitrogen and oxygen atoms in total. The van der Waals surface area contributed by atoms with Crippen LogP contribution in [0.5, 0.6) is 0 Å². The normalized spacial score (nSPS) is 11.8. The zero-order valence-electron chi connectivity index (χ0n) is 17.8. The molecule has 30 heavy (non-hydrogen) atoms. The minimum absolute atomic E-state index is 0.273. The molecule has 1 aromatic carbocycles. The number of nitrogens with one attached hydrogen (secondary N) is 1. The van der Waals surface area contributed by atoms with Crippen molar-refractivity contribution in [3.05, 3.63) is 69.9 Å². The van der Waals surface area contributed by atoms with Crippen LogP contribution in [0.25, 0.3) is 17.2 Å². The molecule has 0 fully saturated rings. The van der Waals surface area contributed by atoms with Gasteiger partial charge in [0.15, 0.2) is 5.82 Å². The Labute approximate surface area is 180 Å². The maximum atomic E-state index is 5.40. The van der Waals surface area contributed by atoms with Crippen molar-refractivity contribution in [1.82, 2.24) is 29.2 Å². The second-order valence-electron chi connectivity index (χ2n) is 7.66. The van der Waals surface area contributed by atoms with Gasteiger partial charge >= 0.3 is 0 Å². The van der Waals surface area contributed by atoms with E-state index in [4.69, 9.17) is 12.2 Å². The van der Waals surface area contributed by atoms with Crippen LogP contribution in [0.3, 0.4) is 0 Å². The molecule has 4 rings (SSSR count). The standard InChI is InChI=1S/C22H25N7S/c1-14(2)28-20(10-11-23-28)27-16(4)12-19(17(27)5)13-24-29-21(25-26-22(29)30)18-8-6-15(3)7-9-18/h6-14H,1-5H3,(H,26,30)/b24-13-. The first-order valence-electron chi connectivity index (χ1n) is 9.88. The minimum atomic E-state index is 0.273. The van der Waals surface area contributed by atoms with Gasteiger partial charge in [-0.15, -0.1) is 0 Å². The summed E-state index contributed by atoms with van der Waals surface area (Å²) < 4.78 is 6.32. The molecule has 0 amide bonds. The molecule has 4 aromatic rings. The van der Waals surface area contributed by atoms with E-state index in [1.54, 1.807) is 4.68 Å². The quantitative estimate of drug-likeness (QED) is 0.366. The summed E-state index contributed by atoms with van der Waals surface area (Å²) in [7, 11) is 0. The largest absolute Gasteiger partial charge is 0.303 e. The predicted octanol–water partition coefficient (Wildman–Crippen LogP) is 4.98. The van der Waals surface area contributed by atoms with Crippen LogP contribution in [0.2, 0.25) is 0 Å². The molecule has 3 aromatic heterocycles. The van der Waals surface area contributed by atoms with Gasteiger partial charge in [0.05, 0.1) is 12.4 Å². The number of nitrogens with zero attached hydrogens (tertiary/aromatic N) is 6. The van der Waals surface area contributed by atoms with Gasteiger partial charge in [0.2, 0.25) is 4.77 Å². The zero-order chi connectivity index (χ0) is 21.4. The molecule has 8 heteroatoms. The second-order valence-corrected chi connectivity index (χ2v) is 8.05. The molecular formula is C22H25N7S. The lowest BCUT2D eigenvalue weighted by molar-refractivity contribution is 0.519. The molecule has 0 saturated carbocycles. The number of rotatable bonds is 5. The van der Waals surface area contributed by atoms with Crippen molar-refractivity contribution in [2.24, 2.45) is 5.10 Å². The van der Waals surface area contributed by atoms with Crippen LogP contribution in [0, 0.1) is 25.5 Å². The number of H-pyrrole nitrogens is 1. The third kappa shape index (κ3) is 3.54. The zero-order valence-corrected chi connectivity index (χ0v) is 18.6. The lowest BCUT2D eigenvalue weighted by Gasteiger charge is -2.15. The molecule has 0 radical (unpaired) electrons. The monoisotopic (exact) mass is 419 g/mol. The highest BCUT2D eigenvalue weighted by molar-refractivity contribution is 7.71. The fourth-order valence-electron chi connectivity index (χ4n) is 3.56. The van der Waals surface area contributed by atoms with Gasteiger partial charge in [-0.25, -0.2) is 9.78 Å². The molecule has 3 heterocycles. The first-order valence-corrected chi connectivity index (χ1v) is 10.3. The first kappa shape index (κ1) is 20.0. The van der Waals surface area contributed by atoms with E-state index >= 15 is 0 Å². The van der Waals surface area contributed by atoms with Crippen LogP contribution in [-0.2, 0) is 0 Å². The highest BCUT2D eigenvalue weighted by atomic mass is 32.1. The van der Waals surface area contributed by atoms with E-state index in [9.17, 15) is 0 Å². The summed E-state index contributed by atoms with van der Waals surface area (Å²) in [6.45, 7) is 10.5. The number of hydrogen-bond acceptors (Lipinski definition) is 4. The average Bonchev–Trinajstić information content (AvgIpc) is 3.39. The smallest absolute Gasteiger partial charge is 0.216 e. The van der Waals surface area contributed by atoms with E-state index in [-0.39, 0.29) is 6.04 Å². The third-order valence-electron chi connectivity index (χ3n) is 5.11. The Balaban J connectivity index is 1.73. The fraction of sp³-hybridized carbons (Fsp3) is 0.273. The van der Waals surface area contributed by atoms with E-state index in [2.05, 4.69) is 65.6 Å². The van der Waals surface area contributed by atoms with Crippen molar-refractivity contribution >= 4 is 18.4 Å². The summed E-state index contributed by atoms with van der Waals surface area (Å²) >= 11 is 5.40. The average molecular weight is 420 g/mol. The van der Waals surface area contributed by atoms with E-state index in [1.807, 2.05) is 47.4 Å². The number of benzene rings is 1. The van der Waals surface area contributed by atoms with Crippen molar-refractivity contribution in [3.63, 3.8) is 0 Å². The number of aromatic nitrogens is 6. The van der Waals surface area contributed by atoms with Crippen LogP contribution in [0.15, 0.2) is 47.7 Å². The maximum Gasteiger partial charge on any atom is 0.216 e. The predicted molar refractivity (Wildman–Crippen MR) is 122 cm³/mol. The van der Waals surface area contributed by atoms with Gasteiger partial charge < -0.3 is 4.57 Å². The summed E-state index contributed by atoms with van der Waals surface area (Å²) in [5.41, 5.74) is 5.37. The van der Waals surface area contributed by atoms with Gasteiger partial charge in [-0.3, -0.25) is 0 Å². The molecule has 0 aliphatic carbocycles. The summed E-state index contributed by atoms with van der Waals surface area (Å²) in [6, 6.07) is 12.6. The van der Waals surface area contributed by atoms with Gasteiger partial charge in [0.25, 0.3) is 0 Å². The lowest BCUT2D eigenvalue weighted by atomic mass is 10.1. The van der Waals surface area contributed by atoms with E-state index in [0.29, 0.717) is 10.6 Å². The van der Waals surface area contributed by atoms with Crippen molar-refractivity contribution in [2.75, 3.05) is 0 Å². The van der Waals surface area contributed by atoms with E-state index in [0.717, 1.165) is 28.3 Å². The Morgan fingerprint density at radius 2 is 1.83 bits per heavy atom. The highest BCUT2D eigenvalue weighted by Crippen LogP contribution is 2.22. The summed E-state index contributed by atoms with van der Waals surface area (Å²) in [5.74, 6) is 1.72. The molecule has 0 aliphatic rings. The highest BCUT2D eigenvalue weighted by Gasteiger charge is 2.15. The van der Waals surface area contributed by atoms with Crippen molar-refractivity contribution in [2.45, 2.75) is 40.7 Å². The molecule has 0 unspecified atom stereocenters. The molecule has 0 saturated heterocycles. The summed E-state index contributed by atoms with van der Waals surface area (Å²) in [5, 5.41) is 16.3. The molecular weight excluding hydrogens is 394 g/mol. The van der Waals surface area contributed by atoms with E-state index < -0.39 is 0 Å². The lowest BCUT2D eigenvalue weighted by Crippen LogP contribution is -2.11. The number of aryl methyl sites for hydroxylation is 2. The van der Waals surface area contributed by atoms with Crippen LogP contribution in [0.4, 0.5) is 0 Å². The van der Waals surface area contributed by atoms with Gasteiger partial charge in [0, 0.05) is 34.6 Å². The maximum absolute atomic E-state index is 5.40. The molecule has 0 spiro atoms. The number of aromatic amines is 1. The number of hydrogen-bond donors (Lipinski definition) is 1. The molecule has 0 aliphatic heterocycles. The van der Waals surface area contributed by atoms with Crippen LogP contribution in [-0.4, -0.2) is 35.4 Å². The van der Waals surface area contributed by atoms with Crippen LogP contribution < -0.4 is 0 Å². The Kier molecular flexibility index (Phi) is 5.26. The van der Waals surface area contributed by atoms with Crippen LogP contribution in [0.1, 0.15) is 42.4 Å².